The molecule has 7 nitrogen and oxygen atoms in total. The van der Waals surface area contributed by atoms with Crippen molar-refractivity contribution in [2.24, 2.45) is 5.92 Å². The summed E-state index contributed by atoms with van der Waals surface area (Å²) in [7, 11) is -2.20. The van der Waals surface area contributed by atoms with Crippen LogP contribution in [0.2, 0.25) is 0 Å². The molecule has 1 aliphatic heterocycles. The van der Waals surface area contributed by atoms with E-state index in [4.69, 9.17) is 5.11 Å². The number of carbonyl (C=O) groups is 2. The van der Waals surface area contributed by atoms with Gasteiger partial charge in [-0.05, 0) is 12.8 Å². The van der Waals surface area contributed by atoms with Crippen LogP contribution in [-0.4, -0.2) is 55.7 Å². The topological polar surface area (TPSA) is 101 Å². The number of hydrogen-bond donors (Lipinski definition) is 1. The molecule has 0 bridgehead atoms. The monoisotopic (exact) mass is 279 g/mol. The normalized spacial score (nSPS) is 20.8. The van der Waals surface area contributed by atoms with Gasteiger partial charge in [0.1, 0.15) is 0 Å². The molecule has 104 valence electrons. The zero-order chi connectivity index (χ0) is 13.8. The van der Waals surface area contributed by atoms with Gasteiger partial charge in [0.15, 0.2) is 0 Å². The highest BCUT2D eigenvalue weighted by Crippen LogP contribution is 2.21. The van der Waals surface area contributed by atoms with Crippen LogP contribution in [0.15, 0.2) is 0 Å². The van der Waals surface area contributed by atoms with Gasteiger partial charge in [-0.25, -0.2) is 12.7 Å². The van der Waals surface area contributed by atoms with E-state index in [0.717, 1.165) is 0 Å². The Morgan fingerprint density at radius 2 is 2.11 bits per heavy atom. The Bertz CT molecular complexity index is 418. The van der Waals surface area contributed by atoms with Crippen molar-refractivity contribution in [3.05, 3.63) is 0 Å². The Morgan fingerprint density at radius 1 is 1.44 bits per heavy atom. The maximum Gasteiger partial charge on any atom is 0.310 e. The molecule has 0 aromatic heterocycles. The molecule has 0 aromatic rings. The highest BCUT2D eigenvalue weighted by Gasteiger charge is 2.35. The van der Waals surface area contributed by atoms with Crippen LogP contribution in [0.5, 0.6) is 0 Å². The molecule has 1 aliphatic rings. The van der Waals surface area contributed by atoms with E-state index in [1.54, 1.807) is 0 Å². The lowest BCUT2D eigenvalue weighted by atomic mass is 10.1. The Labute approximate surface area is 106 Å². The van der Waals surface area contributed by atoms with Gasteiger partial charge >= 0.3 is 11.9 Å². The third kappa shape index (κ3) is 3.95. The number of methoxy groups -OCH3 is 1. The van der Waals surface area contributed by atoms with E-state index in [1.807, 2.05) is 0 Å². The van der Waals surface area contributed by atoms with Crippen molar-refractivity contribution < 1.29 is 27.9 Å². The van der Waals surface area contributed by atoms with Gasteiger partial charge in [0.2, 0.25) is 10.0 Å². The van der Waals surface area contributed by atoms with Crippen molar-refractivity contribution in [3.8, 4) is 0 Å². The first-order valence-electron chi connectivity index (χ1n) is 5.64. The van der Waals surface area contributed by atoms with Crippen LogP contribution in [0.25, 0.3) is 0 Å². The number of carboxylic acids is 1. The fourth-order valence-electron chi connectivity index (χ4n) is 1.87. The number of ether oxygens (including phenoxy) is 1. The van der Waals surface area contributed by atoms with E-state index in [1.165, 1.54) is 11.4 Å². The molecule has 1 atom stereocenters. The van der Waals surface area contributed by atoms with Gasteiger partial charge < -0.3 is 9.84 Å². The number of rotatable bonds is 6. The van der Waals surface area contributed by atoms with Crippen molar-refractivity contribution in [1.29, 1.82) is 0 Å². The summed E-state index contributed by atoms with van der Waals surface area (Å²) in [4.78, 5) is 21.6. The highest BCUT2D eigenvalue weighted by molar-refractivity contribution is 7.89. The summed E-state index contributed by atoms with van der Waals surface area (Å²) in [6.07, 6.45) is 0.357. The number of carboxylic acid groups (broad SMARTS) is 1. The Balaban J connectivity index is 2.50. The van der Waals surface area contributed by atoms with E-state index < -0.39 is 27.9 Å². The number of nitrogens with zero attached hydrogens (tertiary/aromatic N) is 1. The molecule has 0 saturated carbocycles. The molecule has 1 heterocycles. The predicted octanol–water partition coefficient (Wildman–Crippen LogP) is -0.324. The minimum absolute atomic E-state index is 0.0804. The fourth-order valence-corrected chi connectivity index (χ4v) is 3.43. The van der Waals surface area contributed by atoms with E-state index in [9.17, 15) is 18.0 Å². The maximum absolute atomic E-state index is 11.9. The molecular weight excluding hydrogens is 262 g/mol. The summed E-state index contributed by atoms with van der Waals surface area (Å²) >= 11 is 0. The average molecular weight is 279 g/mol. The smallest absolute Gasteiger partial charge is 0.310 e. The Kier molecular flexibility index (Phi) is 5.09. The Hall–Kier alpha value is -1.15. The van der Waals surface area contributed by atoms with Crippen LogP contribution in [0.3, 0.4) is 0 Å². The largest absolute Gasteiger partial charge is 0.481 e. The van der Waals surface area contributed by atoms with Crippen LogP contribution in [-0.2, 0) is 24.3 Å². The van der Waals surface area contributed by atoms with Crippen LogP contribution >= 0.6 is 0 Å². The molecule has 1 unspecified atom stereocenters. The standard InChI is InChI=1S/C10H17NO6S/c1-17-10(14)8-4-5-11(7-8)18(15,16)6-2-3-9(12)13/h8H,2-7H2,1H3,(H,12,13). The number of aliphatic carboxylic acids is 1. The second-order valence-electron chi connectivity index (χ2n) is 4.18. The predicted molar refractivity (Wildman–Crippen MR) is 62.4 cm³/mol. The lowest BCUT2D eigenvalue weighted by Crippen LogP contribution is -2.32. The molecule has 8 heteroatoms. The second-order valence-corrected chi connectivity index (χ2v) is 6.27. The van der Waals surface area contributed by atoms with Crippen molar-refractivity contribution in [2.75, 3.05) is 26.0 Å². The molecule has 1 fully saturated rings. The van der Waals surface area contributed by atoms with Gasteiger partial charge in [-0.15, -0.1) is 0 Å². The van der Waals surface area contributed by atoms with E-state index >= 15 is 0 Å². The average Bonchev–Trinajstić information content (AvgIpc) is 2.77. The third-order valence-corrected chi connectivity index (χ3v) is 4.79. The first-order valence-corrected chi connectivity index (χ1v) is 7.25. The van der Waals surface area contributed by atoms with E-state index in [2.05, 4.69) is 4.74 Å². The van der Waals surface area contributed by atoms with Crippen molar-refractivity contribution in [1.82, 2.24) is 4.31 Å². The first-order chi connectivity index (χ1) is 8.36. The minimum atomic E-state index is -3.47. The molecule has 0 aliphatic carbocycles. The van der Waals surface area contributed by atoms with Crippen LogP contribution < -0.4 is 0 Å². The van der Waals surface area contributed by atoms with Gasteiger partial charge in [-0.3, -0.25) is 9.59 Å². The summed E-state index contributed by atoms with van der Waals surface area (Å²) in [5.41, 5.74) is 0. The minimum Gasteiger partial charge on any atom is -0.481 e. The first kappa shape index (κ1) is 14.9. The van der Waals surface area contributed by atoms with Gasteiger partial charge in [0.05, 0.1) is 18.8 Å². The third-order valence-electron chi connectivity index (χ3n) is 2.87. The lowest BCUT2D eigenvalue weighted by molar-refractivity contribution is -0.144. The molecule has 1 saturated heterocycles. The van der Waals surface area contributed by atoms with E-state index in [-0.39, 0.29) is 31.7 Å². The van der Waals surface area contributed by atoms with Crippen molar-refractivity contribution in [3.63, 3.8) is 0 Å². The summed E-state index contributed by atoms with van der Waals surface area (Å²) < 4.78 is 29.5. The number of carbonyl (C=O) groups excluding carboxylic acids is 1. The molecule has 1 N–H and O–H groups in total. The zero-order valence-corrected chi connectivity index (χ0v) is 11.0. The summed E-state index contributed by atoms with van der Waals surface area (Å²) in [5.74, 6) is -2.03. The Morgan fingerprint density at radius 3 is 2.67 bits per heavy atom. The molecule has 18 heavy (non-hydrogen) atoms. The lowest BCUT2D eigenvalue weighted by Gasteiger charge is -2.15. The molecule has 0 spiro atoms. The molecule has 0 aromatic carbocycles. The summed E-state index contributed by atoms with van der Waals surface area (Å²) in [6, 6.07) is 0. The van der Waals surface area contributed by atoms with Gasteiger partial charge in [-0.1, -0.05) is 0 Å². The van der Waals surface area contributed by atoms with Gasteiger partial charge in [0, 0.05) is 19.5 Å². The summed E-state index contributed by atoms with van der Waals surface area (Å²) in [5, 5.41) is 8.45. The fraction of sp³-hybridized carbons (Fsp3) is 0.800. The quantitative estimate of drug-likeness (QED) is 0.668. The van der Waals surface area contributed by atoms with Crippen LogP contribution in [0, 0.1) is 5.92 Å². The summed E-state index contributed by atoms with van der Waals surface area (Å²) in [6.45, 7) is 0.414. The maximum atomic E-state index is 11.9. The zero-order valence-electron chi connectivity index (χ0n) is 10.2. The molecular formula is C10H17NO6S. The van der Waals surface area contributed by atoms with Gasteiger partial charge in [0.25, 0.3) is 0 Å². The number of esters is 1. The van der Waals surface area contributed by atoms with Crippen LogP contribution in [0.4, 0.5) is 0 Å². The van der Waals surface area contributed by atoms with Gasteiger partial charge in [-0.2, -0.15) is 0 Å². The molecule has 1 rings (SSSR count). The highest BCUT2D eigenvalue weighted by atomic mass is 32.2. The van der Waals surface area contributed by atoms with Crippen molar-refractivity contribution in [2.45, 2.75) is 19.3 Å². The molecule has 0 radical (unpaired) electrons. The van der Waals surface area contributed by atoms with Crippen molar-refractivity contribution >= 4 is 22.0 Å². The van der Waals surface area contributed by atoms with E-state index in [0.29, 0.717) is 6.42 Å². The van der Waals surface area contributed by atoms with Crippen LogP contribution in [0.1, 0.15) is 19.3 Å². The number of sulfonamides is 1. The number of hydrogen-bond acceptors (Lipinski definition) is 5. The molecule has 0 amide bonds. The SMILES string of the molecule is COC(=O)C1CCN(S(=O)(=O)CCCC(=O)O)C1. The second kappa shape index (κ2) is 6.14.